The van der Waals surface area contributed by atoms with Gasteiger partial charge in [0.1, 0.15) is 0 Å². The Balaban J connectivity index is 0.000000186. The number of methoxy groups -OCH3 is 1. The molecule has 0 bridgehead atoms. The molecule has 0 unspecified atom stereocenters. The standard InChI is InChI=1S/C14H17Cl2NO.C10H10BrCl2N/c1-18-6-2-3-10-7-11(9-17-12-4-5-12)14(16)13(15)8-10;11-7-3-6(5-14-8-1-2-8)10(13)9(12)4-7/h2-3,7-8,12,17H,4-6,9H2,1H3;3-4,8,14H,1-2,5H2. The van der Waals surface area contributed by atoms with E-state index in [4.69, 9.17) is 51.1 Å². The number of ether oxygens (including phenoxy) is 1. The third kappa shape index (κ3) is 8.81. The molecule has 0 atom stereocenters. The summed E-state index contributed by atoms with van der Waals surface area (Å²) in [4.78, 5) is 0. The molecule has 2 aliphatic rings. The summed E-state index contributed by atoms with van der Waals surface area (Å²) in [7, 11) is 1.67. The Hall–Kier alpha value is -0.300. The zero-order valence-electron chi connectivity index (χ0n) is 17.9. The van der Waals surface area contributed by atoms with E-state index in [-0.39, 0.29) is 0 Å². The van der Waals surface area contributed by atoms with Gasteiger partial charge in [0, 0.05) is 36.8 Å². The van der Waals surface area contributed by atoms with Gasteiger partial charge in [0.25, 0.3) is 0 Å². The van der Waals surface area contributed by atoms with Gasteiger partial charge in [0.2, 0.25) is 0 Å². The van der Waals surface area contributed by atoms with Crippen molar-refractivity contribution in [1.82, 2.24) is 10.6 Å². The molecule has 8 heteroatoms. The van der Waals surface area contributed by atoms with Crippen LogP contribution in [0.4, 0.5) is 0 Å². The highest BCUT2D eigenvalue weighted by molar-refractivity contribution is 9.10. The molecule has 0 heterocycles. The van der Waals surface area contributed by atoms with Crippen LogP contribution >= 0.6 is 62.3 Å². The summed E-state index contributed by atoms with van der Waals surface area (Å²) in [5.74, 6) is 0. The van der Waals surface area contributed by atoms with Crippen LogP contribution in [0.15, 0.2) is 34.8 Å². The van der Waals surface area contributed by atoms with Crippen LogP contribution in [0.2, 0.25) is 20.1 Å². The Morgan fingerprint density at radius 3 is 1.94 bits per heavy atom. The first-order chi connectivity index (χ1) is 15.4. The summed E-state index contributed by atoms with van der Waals surface area (Å²) in [5, 5.41) is 9.36. The molecule has 32 heavy (non-hydrogen) atoms. The number of hydrogen-bond acceptors (Lipinski definition) is 3. The van der Waals surface area contributed by atoms with Crippen molar-refractivity contribution >= 4 is 68.4 Å². The second-order valence-electron chi connectivity index (χ2n) is 8.00. The van der Waals surface area contributed by atoms with Gasteiger partial charge in [0.15, 0.2) is 0 Å². The molecule has 2 N–H and O–H groups in total. The first kappa shape index (κ1) is 26.3. The average molecular weight is 581 g/mol. The lowest BCUT2D eigenvalue weighted by molar-refractivity contribution is 0.234. The van der Waals surface area contributed by atoms with Gasteiger partial charge in [-0.1, -0.05) is 74.5 Å². The highest BCUT2D eigenvalue weighted by Crippen LogP contribution is 2.31. The number of rotatable bonds is 9. The molecule has 2 saturated carbocycles. The lowest BCUT2D eigenvalue weighted by atomic mass is 10.1. The topological polar surface area (TPSA) is 33.3 Å². The van der Waals surface area contributed by atoms with Crippen LogP contribution in [0.5, 0.6) is 0 Å². The van der Waals surface area contributed by atoms with Crippen LogP contribution in [0, 0.1) is 0 Å². The minimum atomic E-state index is 0.593. The summed E-state index contributed by atoms with van der Waals surface area (Å²) in [6.45, 7) is 2.16. The number of halogens is 5. The van der Waals surface area contributed by atoms with Gasteiger partial charge in [-0.25, -0.2) is 0 Å². The van der Waals surface area contributed by atoms with Crippen molar-refractivity contribution in [2.45, 2.75) is 50.9 Å². The van der Waals surface area contributed by atoms with Crippen molar-refractivity contribution in [1.29, 1.82) is 0 Å². The van der Waals surface area contributed by atoms with Gasteiger partial charge in [-0.3, -0.25) is 0 Å². The minimum Gasteiger partial charge on any atom is -0.381 e. The Kier molecular flexibility index (Phi) is 10.7. The van der Waals surface area contributed by atoms with Crippen LogP contribution in [-0.2, 0) is 17.8 Å². The molecule has 0 amide bonds. The number of benzene rings is 2. The van der Waals surface area contributed by atoms with Crippen molar-refractivity contribution in [2.24, 2.45) is 0 Å². The third-order valence-corrected chi connectivity index (χ3v) is 7.22. The lowest BCUT2D eigenvalue weighted by Gasteiger charge is -2.09. The second-order valence-corrected chi connectivity index (χ2v) is 10.5. The maximum atomic E-state index is 6.21. The van der Waals surface area contributed by atoms with Crippen LogP contribution < -0.4 is 10.6 Å². The van der Waals surface area contributed by atoms with Gasteiger partial charge in [-0.2, -0.15) is 0 Å². The Labute approximate surface area is 218 Å². The monoisotopic (exact) mass is 578 g/mol. The molecule has 2 aromatic rings. The first-order valence-corrected chi connectivity index (χ1v) is 12.9. The van der Waals surface area contributed by atoms with Crippen LogP contribution in [0.3, 0.4) is 0 Å². The molecule has 4 rings (SSSR count). The van der Waals surface area contributed by atoms with Gasteiger partial charge in [-0.15, -0.1) is 0 Å². The van der Waals surface area contributed by atoms with Crippen LogP contribution in [0.1, 0.15) is 42.4 Å². The molecule has 0 aromatic heterocycles. The molecule has 2 aromatic carbocycles. The van der Waals surface area contributed by atoms with Crippen LogP contribution in [-0.4, -0.2) is 25.8 Å². The molecule has 174 valence electrons. The summed E-state index contributed by atoms with van der Waals surface area (Å²) >= 11 is 27.8. The maximum absolute atomic E-state index is 6.21. The van der Waals surface area contributed by atoms with E-state index in [0.29, 0.717) is 38.8 Å². The van der Waals surface area contributed by atoms with E-state index < -0.39 is 0 Å². The van der Waals surface area contributed by atoms with E-state index >= 15 is 0 Å². The van der Waals surface area contributed by atoms with E-state index in [1.807, 2.05) is 30.4 Å². The number of hydrogen-bond donors (Lipinski definition) is 2. The SMILES string of the molecule is COCC=Cc1cc(Cl)c(Cl)c(CNC2CC2)c1.Clc1cc(Br)cc(CNC2CC2)c1Cl. The quantitative estimate of drug-likeness (QED) is 0.296. The van der Waals surface area contributed by atoms with E-state index in [1.54, 1.807) is 7.11 Å². The highest BCUT2D eigenvalue weighted by atomic mass is 79.9. The van der Waals surface area contributed by atoms with Crippen molar-refractivity contribution in [3.8, 4) is 0 Å². The van der Waals surface area contributed by atoms with Gasteiger partial charge < -0.3 is 15.4 Å². The summed E-state index contributed by atoms with van der Waals surface area (Å²) < 4.78 is 5.95. The van der Waals surface area contributed by atoms with Crippen molar-refractivity contribution in [3.05, 3.63) is 71.6 Å². The predicted octanol–water partition coefficient (Wildman–Crippen LogP) is 7.91. The predicted molar refractivity (Wildman–Crippen MR) is 141 cm³/mol. The fourth-order valence-electron chi connectivity index (χ4n) is 3.00. The molecule has 0 aliphatic heterocycles. The Morgan fingerprint density at radius 1 is 0.875 bits per heavy atom. The summed E-state index contributed by atoms with van der Waals surface area (Å²) in [5.41, 5.74) is 3.15. The van der Waals surface area contributed by atoms with Gasteiger partial charge in [-0.05, 0) is 66.6 Å². The van der Waals surface area contributed by atoms with E-state index in [0.717, 1.165) is 34.3 Å². The molecule has 2 aliphatic carbocycles. The largest absolute Gasteiger partial charge is 0.381 e. The third-order valence-electron chi connectivity index (χ3n) is 5.08. The molecule has 0 spiro atoms. The Morgan fingerprint density at radius 2 is 1.41 bits per heavy atom. The summed E-state index contributed by atoms with van der Waals surface area (Å²) in [6.07, 6.45) is 9.03. The normalized spacial score (nSPS) is 15.7. The van der Waals surface area contributed by atoms with E-state index in [9.17, 15) is 0 Å². The number of nitrogens with one attached hydrogen (secondary N) is 2. The molecule has 3 nitrogen and oxygen atoms in total. The first-order valence-electron chi connectivity index (χ1n) is 10.6. The van der Waals surface area contributed by atoms with Crippen molar-refractivity contribution in [2.75, 3.05) is 13.7 Å². The lowest BCUT2D eigenvalue weighted by Crippen LogP contribution is -2.15. The van der Waals surface area contributed by atoms with Crippen molar-refractivity contribution < 1.29 is 4.74 Å². The zero-order chi connectivity index (χ0) is 23.1. The molecule has 0 saturated heterocycles. The average Bonchev–Trinajstić information content (AvgIpc) is 3.67. The minimum absolute atomic E-state index is 0.593. The summed E-state index contributed by atoms with van der Waals surface area (Å²) in [6, 6.07) is 9.09. The smallest absolute Gasteiger partial charge is 0.0646 e. The second kappa shape index (κ2) is 13.0. The zero-order valence-corrected chi connectivity index (χ0v) is 22.5. The molecular formula is C24H27BrCl4N2O. The Bertz CT molecular complexity index is 946. The van der Waals surface area contributed by atoms with E-state index in [1.165, 1.54) is 25.7 Å². The highest BCUT2D eigenvalue weighted by Gasteiger charge is 2.21. The molecule has 2 fully saturated rings. The molecular weight excluding hydrogens is 554 g/mol. The fraction of sp³-hybridized carbons (Fsp3) is 0.417. The van der Waals surface area contributed by atoms with Gasteiger partial charge >= 0.3 is 0 Å². The molecule has 0 radical (unpaired) electrons. The van der Waals surface area contributed by atoms with E-state index in [2.05, 4.69) is 32.6 Å². The van der Waals surface area contributed by atoms with Crippen molar-refractivity contribution in [3.63, 3.8) is 0 Å². The van der Waals surface area contributed by atoms with Gasteiger partial charge in [0.05, 0.1) is 26.7 Å². The fourth-order valence-corrected chi connectivity index (χ4v) is 4.47. The maximum Gasteiger partial charge on any atom is 0.0646 e. The van der Waals surface area contributed by atoms with Crippen LogP contribution in [0.25, 0.3) is 6.08 Å².